The van der Waals surface area contributed by atoms with Gasteiger partial charge < -0.3 is 9.64 Å². The highest BCUT2D eigenvalue weighted by atomic mass is 19.1. The van der Waals surface area contributed by atoms with Crippen molar-refractivity contribution in [3.8, 4) is 5.88 Å². The summed E-state index contributed by atoms with van der Waals surface area (Å²) >= 11 is 0. The summed E-state index contributed by atoms with van der Waals surface area (Å²) in [6.07, 6.45) is 6.70. The second-order valence-electron chi connectivity index (χ2n) is 5.52. The predicted octanol–water partition coefficient (Wildman–Crippen LogP) is 2.61. The Hall–Kier alpha value is -2.70. The van der Waals surface area contributed by atoms with Crippen LogP contribution in [-0.2, 0) is 0 Å². The van der Waals surface area contributed by atoms with Crippen LogP contribution in [0.5, 0.6) is 5.88 Å². The number of fused-ring (bicyclic) bond motifs is 1. The van der Waals surface area contributed by atoms with Gasteiger partial charge in [0.15, 0.2) is 5.65 Å². The number of methoxy groups -OCH3 is 1. The SMILES string of the molecule is COc1ncc(F)cc1[C@H]1CCCN1c1ccn2nccc2n1. The van der Waals surface area contributed by atoms with Gasteiger partial charge in [-0.1, -0.05) is 0 Å². The van der Waals surface area contributed by atoms with Gasteiger partial charge in [-0.25, -0.2) is 18.9 Å². The van der Waals surface area contributed by atoms with Gasteiger partial charge in [-0.2, -0.15) is 5.10 Å². The zero-order valence-corrected chi connectivity index (χ0v) is 12.7. The number of nitrogens with zero attached hydrogens (tertiary/aromatic N) is 5. The lowest BCUT2D eigenvalue weighted by Crippen LogP contribution is -2.24. The zero-order valence-electron chi connectivity index (χ0n) is 12.7. The maximum absolute atomic E-state index is 13.7. The van der Waals surface area contributed by atoms with Crippen molar-refractivity contribution in [1.82, 2.24) is 19.6 Å². The Morgan fingerprint density at radius 3 is 3.13 bits per heavy atom. The number of ether oxygens (including phenoxy) is 1. The van der Waals surface area contributed by atoms with E-state index in [0.717, 1.165) is 36.4 Å². The van der Waals surface area contributed by atoms with Crippen LogP contribution >= 0.6 is 0 Å². The first-order valence-corrected chi connectivity index (χ1v) is 7.53. The Morgan fingerprint density at radius 1 is 1.35 bits per heavy atom. The van der Waals surface area contributed by atoms with Crippen molar-refractivity contribution in [2.75, 3.05) is 18.6 Å². The molecule has 4 rings (SSSR count). The maximum atomic E-state index is 13.7. The minimum atomic E-state index is -0.355. The first-order chi connectivity index (χ1) is 11.3. The normalized spacial score (nSPS) is 17.8. The van der Waals surface area contributed by atoms with Crippen LogP contribution in [0, 0.1) is 5.82 Å². The van der Waals surface area contributed by atoms with E-state index in [0.29, 0.717) is 5.88 Å². The summed E-state index contributed by atoms with van der Waals surface area (Å²) < 4.78 is 20.7. The molecule has 0 aromatic carbocycles. The standard InChI is InChI=1S/C16H16FN5O/c1-23-16-12(9-11(17)10-18-16)13-3-2-7-21(13)14-5-8-22-15(20-14)4-6-19-22/h4-6,8-10,13H,2-3,7H2,1H3/t13-/m1/s1. The molecule has 23 heavy (non-hydrogen) atoms. The molecule has 3 aromatic heterocycles. The van der Waals surface area contributed by atoms with Crippen molar-refractivity contribution in [2.24, 2.45) is 0 Å². The van der Waals surface area contributed by atoms with Crippen molar-refractivity contribution < 1.29 is 9.13 Å². The molecule has 0 aliphatic carbocycles. The Morgan fingerprint density at radius 2 is 2.26 bits per heavy atom. The molecule has 0 radical (unpaired) electrons. The largest absolute Gasteiger partial charge is 0.481 e. The van der Waals surface area contributed by atoms with E-state index in [1.54, 1.807) is 17.8 Å². The molecule has 0 N–H and O–H groups in total. The summed E-state index contributed by atoms with van der Waals surface area (Å²) in [5.74, 6) is 0.965. The predicted molar refractivity (Wildman–Crippen MR) is 83.1 cm³/mol. The van der Waals surface area contributed by atoms with Crippen molar-refractivity contribution in [1.29, 1.82) is 0 Å². The van der Waals surface area contributed by atoms with E-state index in [1.165, 1.54) is 12.3 Å². The third-order valence-electron chi connectivity index (χ3n) is 4.19. The van der Waals surface area contributed by atoms with Gasteiger partial charge >= 0.3 is 0 Å². The van der Waals surface area contributed by atoms with E-state index in [1.807, 2.05) is 18.3 Å². The topological polar surface area (TPSA) is 55.5 Å². The second-order valence-corrected chi connectivity index (χ2v) is 5.52. The molecule has 1 saturated heterocycles. The smallest absolute Gasteiger partial charge is 0.218 e. The van der Waals surface area contributed by atoms with E-state index in [4.69, 9.17) is 4.74 Å². The molecule has 1 aliphatic heterocycles. The van der Waals surface area contributed by atoms with E-state index < -0.39 is 0 Å². The van der Waals surface area contributed by atoms with Crippen molar-refractivity contribution >= 4 is 11.5 Å². The summed E-state index contributed by atoms with van der Waals surface area (Å²) in [7, 11) is 1.56. The molecule has 1 aliphatic rings. The van der Waals surface area contributed by atoms with Crippen molar-refractivity contribution in [3.63, 3.8) is 0 Å². The summed E-state index contributed by atoms with van der Waals surface area (Å²) in [5.41, 5.74) is 1.55. The van der Waals surface area contributed by atoms with Gasteiger partial charge in [0.05, 0.1) is 25.5 Å². The van der Waals surface area contributed by atoms with Crippen LogP contribution in [0.4, 0.5) is 10.2 Å². The number of pyridine rings is 1. The van der Waals surface area contributed by atoms with Crippen molar-refractivity contribution in [2.45, 2.75) is 18.9 Å². The maximum Gasteiger partial charge on any atom is 0.218 e. The quantitative estimate of drug-likeness (QED) is 0.744. The number of hydrogen-bond donors (Lipinski definition) is 0. The average Bonchev–Trinajstić information content (AvgIpc) is 3.23. The molecule has 3 aromatic rings. The third kappa shape index (κ3) is 2.38. The highest BCUT2D eigenvalue weighted by molar-refractivity contribution is 5.51. The summed E-state index contributed by atoms with van der Waals surface area (Å²) in [4.78, 5) is 10.9. The molecule has 0 spiro atoms. The summed E-state index contributed by atoms with van der Waals surface area (Å²) in [6.45, 7) is 0.863. The van der Waals surface area contributed by atoms with Crippen LogP contribution in [0.3, 0.4) is 0 Å². The number of rotatable bonds is 3. The molecular formula is C16H16FN5O. The number of halogens is 1. The van der Waals surface area contributed by atoms with E-state index in [2.05, 4.69) is 20.0 Å². The Balaban J connectivity index is 1.75. The third-order valence-corrected chi connectivity index (χ3v) is 4.19. The lowest BCUT2D eigenvalue weighted by Gasteiger charge is -2.26. The van der Waals surface area contributed by atoms with E-state index in [9.17, 15) is 4.39 Å². The Labute approximate surface area is 132 Å². The van der Waals surface area contributed by atoms with Gasteiger partial charge in [-0.05, 0) is 25.0 Å². The highest BCUT2D eigenvalue weighted by Gasteiger charge is 2.30. The molecule has 1 fully saturated rings. The lowest BCUT2D eigenvalue weighted by atomic mass is 10.1. The fraction of sp³-hybridized carbons (Fsp3) is 0.312. The fourth-order valence-corrected chi connectivity index (χ4v) is 3.18. The first-order valence-electron chi connectivity index (χ1n) is 7.53. The van der Waals surface area contributed by atoms with Crippen LogP contribution in [-0.4, -0.2) is 33.2 Å². The number of aromatic nitrogens is 4. The summed E-state index contributed by atoms with van der Waals surface area (Å²) in [5, 5.41) is 4.16. The molecular weight excluding hydrogens is 297 g/mol. The van der Waals surface area contributed by atoms with Crippen LogP contribution in [0.2, 0.25) is 0 Å². The van der Waals surface area contributed by atoms with Crippen LogP contribution < -0.4 is 9.64 Å². The Kier molecular flexibility index (Phi) is 3.33. The molecule has 0 unspecified atom stereocenters. The molecule has 6 nitrogen and oxygen atoms in total. The van der Waals surface area contributed by atoms with Crippen LogP contribution in [0.25, 0.3) is 5.65 Å². The molecule has 0 amide bonds. The minimum absolute atomic E-state index is 0.00558. The monoisotopic (exact) mass is 313 g/mol. The van der Waals surface area contributed by atoms with Gasteiger partial charge in [0.1, 0.15) is 11.6 Å². The average molecular weight is 313 g/mol. The van der Waals surface area contributed by atoms with E-state index >= 15 is 0 Å². The number of anilines is 1. The first kappa shape index (κ1) is 13.9. The minimum Gasteiger partial charge on any atom is -0.481 e. The van der Waals surface area contributed by atoms with Gasteiger partial charge in [0, 0.05) is 24.4 Å². The fourth-order valence-electron chi connectivity index (χ4n) is 3.18. The molecule has 0 saturated carbocycles. The lowest BCUT2D eigenvalue weighted by molar-refractivity contribution is 0.385. The molecule has 4 heterocycles. The van der Waals surface area contributed by atoms with E-state index in [-0.39, 0.29) is 11.9 Å². The second kappa shape index (κ2) is 5.49. The molecule has 1 atom stereocenters. The van der Waals surface area contributed by atoms with Gasteiger partial charge in [-0.15, -0.1) is 0 Å². The van der Waals surface area contributed by atoms with Crippen LogP contribution in [0.15, 0.2) is 36.8 Å². The highest BCUT2D eigenvalue weighted by Crippen LogP contribution is 2.38. The molecule has 0 bridgehead atoms. The summed E-state index contributed by atoms with van der Waals surface area (Å²) in [6, 6.07) is 5.30. The Bertz CT molecular complexity index is 849. The molecule has 118 valence electrons. The van der Waals surface area contributed by atoms with Gasteiger partial charge in [0.25, 0.3) is 0 Å². The number of hydrogen-bond acceptors (Lipinski definition) is 5. The molecule has 7 heteroatoms. The van der Waals surface area contributed by atoms with Gasteiger partial charge in [-0.3, -0.25) is 0 Å². The van der Waals surface area contributed by atoms with Gasteiger partial charge in [0.2, 0.25) is 5.88 Å². The van der Waals surface area contributed by atoms with Crippen molar-refractivity contribution in [3.05, 3.63) is 48.2 Å². The van der Waals surface area contributed by atoms with Crippen LogP contribution in [0.1, 0.15) is 24.4 Å². The zero-order chi connectivity index (χ0) is 15.8.